The van der Waals surface area contributed by atoms with Gasteiger partial charge in [0.15, 0.2) is 23.5 Å². The van der Waals surface area contributed by atoms with Gasteiger partial charge in [-0.1, -0.05) is 88.4 Å². The summed E-state index contributed by atoms with van der Waals surface area (Å²) < 4.78 is 18.8. The summed E-state index contributed by atoms with van der Waals surface area (Å²) in [6.45, 7) is 7.39. The SMILES string of the molecule is COC(=O)c1nc2oc1C13c4cc(ccc4O[C@@H]1Nc1c(-c4cccc5c4C=CC5)cccc13)CC(CC(=O)[C@@H](O)C(C)C)C(=O)N[C@H]2C(C)C. The number of nitrogens with zero attached hydrogens (tertiary/aromatic N) is 1. The fourth-order valence-corrected chi connectivity index (χ4v) is 8.21. The number of Topliss-reactive ketones (excluding diaryl/α,β-unsaturated/α-hetero) is 1. The second-order valence-corrected chi connectivity index (χ2v) is 14.7. The third-order valence-electron chi connectivity index (χ3n) is 10.9. The number of oxazole rings is 1. The zero-order valence-corrected chi connectivity index (χ0v) is 29.3. The molecular weight excluding hydrogens is 646 g/mol. The Bertz CT molecular complexity index is 2130. The van der Waals surface area contributed by atoms with Crippen molar-refractivity contribution in [3.05, 3.63) is 106 Å². The van der Waals surface area contributed by atoms with Crippen molar-refractivity contribution < 1.29 is 33.4 Å². The summed E-state index contributed by atoms with van der Waals surface area (Å²) in [5.74, 6) is -1.73. The van der Waals surface area contributed by atoms with Crippen LogP contribution in [0.2, 0.25) is 0 Å². The summed E-state index contributed by atoms with van der Waals surface area (Å²) in [4.78, 5) is 45.7. The van der Waals surface area contributed by atoms with Crippen molar-refractivity contribution in [3.8, 4) is 16.9 Å². The van der Waals surface area contributed by atoms with Crippen LogP contribution in [0.5, 0.6) is 5.75 Å². The first-order chi connectivity index (χ1) is 24.5. The lowest BCUT2D eigenvalue weighted by atomic mass is 9.72. The Morgan fingerprint density at radius 3 is 2.59 bits per heavy atom. The van der Waals surface area contributed by atoms with Crippen molar-refractivity contribution in [2.45, 2.75) is 70.7 Å². The van der Waals surface area contributed by atoms with Gasteiger partial charge in [-0.3, -0.25) is 9.59 Å². The smallest absolute Gasteiger partial charge is 0.360 e. The average Bonchev–Trinajstić information content (AvgIpc) is 3.90. The van der Waals surface area contributed by atoms with E-state index in [-0.39, 0.29) is 47.9 Å². The first-order valence-corrected chi connectivity index (χ1v) is 17.6. The fourth-order valence-electron chi connectivity index (χ4n) is 8.21. The van der Waals surface area contributed by atoms with E-state index in [2.05, 4.69) is 47.1 Å². The van der Waals surface area contributed by atoms with Crippen molar-refractivity contribution in [2.24, 2.45) is 17.8 Å². The Morgan fingerprint density at radius 2 is 1.82 bits per heavy atom. The summed E-state index contributed by atoms with van der Waals surface area (Å²) in [5, 5.41) is 17.4. The van der Waals surface area contributed by atoms with E-state index in [1.807, 2.05) is 44.2 Å². The maximum atomic E-state index is 14.1. The number of methoxy groups -OCH3 is 1. The number of carbonyl (C=O) groups is 3. The molecule has 262 valence electrons. The molecule has 1 amide bonds. The van der Waals surface area contributed by atoms with Crippen molar-refractivity contribution in [1.29, 1.82) is 0 Å². The fraction of sp³-hybridized carbons (Fsp3) is 0.366. The Kier molecular flexibility index (Phi) is 7.90. The molecule has 0 radical (unpaired) electrons. The monoisotopic (exact) mass is 687 g/mol. The van der Waals surface area contributed by atoms with Crippen LogP contribution in [-0.2, 0) is 32.6 Å². The van der Waals surface area contributed by atoms with Gasteiger partial charge in [0.05, 0.1) is 7.11 Å². The van der Waals surface area contributed by atoms with E-state index >= 15 is 0 Å². The van der Waals surface area contributed by atoms with Gasteiger partial charge in [0.25, 0.3) is 0 Å². The standard InChI is InChI=1S/C41H41N3O7/c1-20(2)32-38-43-34(39(48)49-5)36(51-38)41-28-14-8-13-27(26-12-7-10-23-9-6-11-25(23)26)33(28)44-40(41)50-31-16-15-22(18-29(31)41)17-24(37(47)42-32)19-30(45)35(46)21(3)4/h6-8,10-16,18,20-21,24,32,35,40,44,46H,9,17,19H2,1-5H3,(H,42,47)/t24?,32-,35-,40-,41?/m0/s1. The molecule has 0 fully saturated rings. The number of aliphatic hydroxyl groups excluding tert-OH is 1. The van der Waals surface area contributed by atoms with Gasteiger partial charge in [-0.05, 0) is 53.0 Å². The maximum absolute atomic E-state index is 14.1. The average molecular weight is 688 g/mol. The van der Waals surface area contributed by atoms with E-state index in [1.165, 1.54) is 18.2 Å². The van der Waals surface area contributed by atoms with E-state index < -0.39 is 41.5 Å². The van der Waals surface area contributed by atoms with Crippen LogP contribution in [0.25, 0.3) is 17.2 Å². The molecule has 2 unspecified atom stereocenters. The molecule has 4 heterocycles. The first-order valence-electron chi connectivity index (χ1n) is 17.6. The topological polar surface area (TPSA) is 140 Å². The summed E-state index contributed by atoms with van der Waals surface area (Å²) >= 11 is 0. The van der Waals surface area contributed by atoms with Crippen LogP contribution in [0, 0.1) is 17.8 Å². The lowest BCUT2D eigenvalue weighted by Crippen LogP contribution is -2.41. The lowest BCUT2D eigenvalue weighted by Gasteiger charge is -2.28. The van der Waals surface area contributed by atoms with Gasteiger partial charge in [0.1, 0.15) is 23.3 Å². The molecule has 4 aromatic rings. The van der Waals surface area contributed by atoms with Crippen LogP contribution in [0.15, 0.2) is 65.1 Å². The zero-order valence-electron chi connectivity index (χ0n) is 29.3. The number of aromatic nitrogens is 1. The van der Waals surface area contributed by atoms with Gasteiger partial charge >= 0.3 is 5.97 Å². The molecule has 4 bridgehead atoms. The van der Waals surface area contributed by atoms with Gasteiger partial charge in [0.2, 0.25) is 11.8 Å². The Morgan fingerprint density at radius 1 is 1.04 bits per heavy atom. The van der Waals surface area contributed by atoms with Crippen LogP contribution >= 0.6 is 0 Å². The summed E-state index contributed by atoms with van der Waals surface area (Å²) in [6.07, 6.45) is 3.38. The van der Waals surface area contributed by atoms with Gasteiger partial charge in [-0.2, -0.15) is 0 Å². The molecule has 10 heteroatoms. The van der Waals surface area contributed by atoms with E-state index in [9.17, 15) is 19.5 Å². The third kappa shape index (κ3) is 5.02. The van der Waals surface area contributed by atoms with Crippen molar-refractivity contribution in [3.63, 3.8) is 0 Å². The summed E-state index contributed by atoms with van der Waals surface area (Å²) in [6, 6.07) is 17.5. The minimum absolute atomic E-state index is 0.00567. The zero-order chi connectivity index (χ0) is 35.8. The van der Waals surface area contributed by atoms with Crippen LogP contribution in [-0.4, -0.2) is 47.2 Å². The van der Waals surface area contributed by atoms with Crippen molar-refractivity contribution >= 4 is 29.4 Å². The number of nitrogens with one attached hydrogen (secondary N) is 2. The van der Waals surface area contributed by atoms with Crippen LogP contribution in [0.4, 0.5) is 5.69 Å². The number of ketones is 1. The number of carbonyl (C=O) groups excluding carboxylic acids is 3. The maximum Gasteiger partial charge on any atom is 0.360 e. The number of hydrogen-bond acceptors (Lipinski definition) is 9. The number of para-hydroxylation sites is 1. The largest absolute Gasteiger partial charge is 0.469 e. The number of allylic oxidation sites excluding steroid dienone is 1. The number of esters is 1. The van der Waals surface area contributed by atoms with E-state index in [4.69, 9.17) is 18.9 Å². The molecule has 5 atom stereocenters. The molecule has 0 saturated heterocycles. The Labute approximate surface area is 296 Å². The van der Waals surface area contributed by atoms with Crippen molar-refractivity contribution in [1.82, 2.24) is 10.3 Å². The van der Waals surface area contributed by atoms with E-state index in [0.29, 0.717) is 5.75 Å². The number of rotatable bonds is 7. The number of hydrogen-bond donors (Lipinski definition) is 3. The number of fused-ring (bicyclic) bond motifs is 5. The number of aliphatic hydroxyl groups is 1. The normalized spacial score (nSPS) is 23.0. The molecule has 4 aliphatic rings. The van der Waals surface area contributed by atoms with Crippen LogP contribution in [0.3, 0.4) is 0 Å². The first kappa shape index (κ1) is 33.0. The van der Waals surface area contributed by atoms with Gasteiger partial charge in [-0.25, -0.2) is 9.78 Å². The molecule has 1 aliphatic carbocycles. The third-order valence-corrected chi connectivity index (χ3v) is 10.9. The lowest BCUT2D eigenvalue weighted by molar-refractivity contribution is -0.135. The highest BCUT2D eigenvalue weighted by atomic mass is 16.5. The molecule has 51 heavy (non-hydrogen) atoms. The molecule has 8 rings (SSSR count). The van der Waals surface area contributed by atoms with Gasteiger partial charge in [0, 0.05) is 34.7 Å². The molecule has 3 aromatic carbocycles. The number of amides is 1. The second kappa shape index (κ2) is 12.2. The second-order valence-electron chi connectivity index (χ2n) is 14.7. The predicted octanol–water partition coefficient (Wildman–Crippen LogP) is 6.14. The highest BCUT2D eigenvalue weighted by Gasteiger charge is 2.62. The number of benzene rings is 3. The van der Waals surface area contributed by atoms with Crippen LogP contribution < -0.4 is 15.4 Å². The Balaban J connectivity index is 1.38. The molecule has 10 nitrogen and oxygen atoms in total. The molecule has 3 N–H and O–H groups in total. The molecule has 0 saturated carbocycles. The quantitative estimate of drug-likeness (QED) is 0.196. The molecular formula is C41H41N3O7. The van der Waals surface area contributed by atoms with E-state index in [0.717, 1.165) is 39.9 Å². The number of anilines is 1. The minimum Gasteiger partial charge on any atom is -0.469 e. The highest BCUT2D eigenvalue weighted by molar-refractivity contribution is 5.94. The van der Waals surface area contributed by atoms with Gasteiger partial charge in [-0.15, -0.1) is 0 Å². The summed E-state index contributed by atoms with van der Waals surface area (Å²) in [7, 11) is 1.30. The molecule has 1 aromatic heterocycles. The minimum atomic E-state index is -1.19. The highest BCUT2D eigenvalue weighted by Crippen LogP contribution is 2.60. The number of ether oxygens (including phenoxy) is 2. The molecule has 1 spiro atoms. The van der Waals surface area contributed by atoms with E-state index in [1.54, 1.807) is 13.8 Å². The summed E-state index contributed by atoms with van der Waals surface area (Å²) in [5.41, 5.74) is 6.54. The predicted molar refractivity (Wildman–Crippen MR) is 190 cm³/mol. The van der Waals surface area contributed by atoms with Crippen molar-refractivity contribution in [2.75, 3.05) is 12.4 Å². The van der Waals surface area contributed by atoms with Gasteiger partial charge < -0.3 is 29.6 Å². The Hall–Kier alpha value is -5.22. The van der Waals surface area contributed by atoms with Crippen LogP contribution in [0.1, 0.15) is 90.1 Å². The molecule has 3 aliphatic heterocycles.